The topological polar surface area (TPSA) is 326 Å². The summed E-state index contributed by atoms with van der Waals surface area (Å²) in [7, 11) is -11.0. The number of aliphatic hydroxyl groups excluding tert-OH is 5. The minimum Gasteiger partial charge on any atom is -0.462 e. The quantitative estimate of drug-likeness (QED) is 0.0152. The zero-order valence-electron chi connectivity index (χ0n) is 38.4. The number of phosphoric acid groups is 2. The number of anilines is 1. The molecule has 0 aliphatic carbocycles. The van der Waals surface area contributed by atoms with Crippen LogP contribution in [0.25, 0.3) is 0 Å². The fourth-order valence-electron chi connectivity index (χ4n) is 6.25. The molecule has 1 fully saturated rings. The predicted molar refractivity (Wildman–Crippen MR) is 247 cm³/mol. The number of nitrogens with zero attached hydrogens (tertiary/aromatic N) is 2. The number of nitrogens with two attached hydrogens (primary N) is 1. The van der Waals surface area contributed by atoms with Crippen LogP contribution in [0, 0.1) is 5.92 Å². The van der Waals surface area contributed by atoms with Crippen molar-refractivity contribution in [2.45, 2.75) is 153 Å². The van der Waals surface area contributed by atoms with E-state index in [0.29, 0.717) is 18.8 Å². The van der Waals surface area contributed by atoms with Crippen molar-refractivity contribution in [3.05, 3.63) is 83.5 Å². The number of hydrogen-bond acceptors (Lipinski definition) is 18. The van der Waals surface area contributed by atoms with Crippen molar-refractivity contribution in [1.29, 1.82) is 0 Å². The first-order chi connectivity index (χ1) is 31.7. The fourth-order valence-corrected chi connectivity index (χ4v) is 8.36. The summed E-state index contributed by atoms with van der Waals surface area (Å²) in [6.45, 7) is 3.73. The molecule has 0 spiro atoms. The third-order valence-electron chi connectivity index (χ3n) is 9.89. The van der Waals surface area contributed by atoms with Crippen molar-refractivity contribution < 1.29 is 81.6 Å². The Kier molecular flexibility index (Phi) is 28.6. The molecule has 0 aromatic carbocycles. The van der Waals surface area contributed by atoms with Crippen molar-refractivity contribution >= 4 is 33.4 Å². The molecule has 0 bridgehead atoms. The van der Waals surface area contributed by atoms with Gasteiger partial charge in [0.05, 0.1) is 31.5 Å². The van der Waals surface area contributed by atoms with E-state index in [0.717, 1.165) is 55.7 Å². The Morgan fingerprint density at radius 3 is 2.13 bits per heavy atom. The maximum absolute atomic E-state index is 12.8. The van der Waals surface area contributed by atoms with E-state index in [1.807, 2.05) is 19.1 Å². The zero-order valence-corrected chi connectivity index (χ0v) is 40.2. The highest BCUT2D eigenvalue weighted by Gasteiger charge is 2.46. The molecule has 21 nitrogen and oxygen atoms in total. The SMILES string of the molecule is CC/C=C\C[C@@H](O)/C=C/C=C/C=C\C=C/[C@H](O)[C@@H](O)CCCC(=O)OC[C@H](COP(=O)(O)OP(=O)(O)OC[C@H]1O[C@@H](n2ccc(N)nc2=O)[C@H](O)[C@@H]1O)OC(=O)CCCCCCCCC(C)C. The van der Waals surface area contributed by atoms with Gasteiger partial charge >= 0.3 is 33.3 Å². The Hall–Kier alpha value is -3.66. The van der Waals surface area contributed by atoms with Gasteiger partial charge in [-0.05, 0) is 44.1 Å². The van der Waals surface area contributed by atoms with Crippen molar-refractivity contribution in [3.63, 3.8) is 0 Å². The second-order valence-electron chi connectivity index (χ2n) is 16.2. The molecule has 380 valence electrons. The minimum absolute atomic E-state index is 0.00541. The van der Waals surface area contributed by atoms with Gasteiger partial charge < -0.3 is 55.3 Å². The molecule has 2 unspecified atom stereocenters. The number of carbonyl (C=O) groups is 2. The van der Waals surface area contributed by atoms with E-state index in [-0.39, 0.29) is 31.5 Å². The molecule has 0 saturated carbocycles. The lowest BCUT2D eigenvalue weighted by Crippen LogP contribution is -2.36. The van der Waals surface area contributed by atoms with Gasteiger partial charge in [0, 0.05) is 19.0 Å². The number of allylic oxidation sites excluding steroid dienone is 7. The van der Waals surface area contributed by atoms with Crippen molar-refractivity contribution in [3.8, 4) is 0 Å². The molecule has 0 radical (unpaired) electrons. The molecule has 2 rings (SSSR count). The fraction of sp³-hybridized carbons (Fsp3) is 0.636. The van der Waals surface area contributed by atoms with E-state index in [1.54, 1.807) is 36.5 Å². The molecule has 1 aliphatic heterocycles. The summed E-state index contributed by atoms with van der Waals surface area (Å²) in [5.74, 6) is -1.04. The second-order valence-corrected chi connectivity index (χ2v) is 19.3. The normalized spacial score (nSPS) is 21.7. The van der Waals surface area contributed by atoms with Crippen LogP contribution < -0.4 is 11.4 Å². The van der Waals surface area contributed by atoms with Crippen LogP contribution >= 0.6 is 15.6 Å². The Bertz CT molecular complexity index is 1920. The van der Waals surface area contributed by atoms with Crippen LogP contribution in [0.1, 0.15) is 110 Å². The zero-order chi connectivity index (χ0) is 49.8. The van der Waals surface area contributed by atoms with Crippen LogP contribution in [0.2, 0.25) is 0 Å². The first kappa shape index (κ1) is 59.5. The molecule has 67 heavy (non-hydrogen) atoms. The number of phosphoric ester groups is 2. The molecule has 1 aliphatic rings. The monoisotopic (exact) mass is 991 g/mol. The lowest BCUT2D eigenvalue weighted by atomic mass is 10.0. The molecule has 1 aromatic rings. The third-order valence-corrected chi connectivity index (χ3v) is 12.5. The first-order valence-electron chi connectivity index (χ1n) is 22.5. The average Bonchev–Trinajstić information content (AvgIpc) is 3.53. The van der Waals surface area contributed by atoms with Gasteiger partial charge in [-0.1, -0.05) is 120 Å². The summed E-state index contributed by atoms with van der Waals surface area (Å²) in [6, 6.07) is 1.22. The summed E-state index contributed by atoms with van der Waals surface area (Å²) >= 11 is 0. The maximum Gasteiger partial charge on any atom is 0.481 e. The molecule has 0 amide bonds. The highest BCUT2D eigenvalue weighted by atomic mass is 31.3. The third kappa shape index (κ3) is 26.1. The molecule has 10 atom stereocenters. The number of esters is 2. The van der Waals surface area contributed by atoms with Gasteiger partial charge in [0.2, 0.25) is 0 Å². The molecular weight excluding hydrogens is 920 g/mol. The van der Waals surface area contributed by atoms with Crippen LogP contribution in [-0.2, 0) is 46.3 Å². The average molecular weight is 992 g/mol. The minimum atomic E-state index is -5.49. The van der Waals surface area contributed by atoms with E-state index in [4.69, 9.17) is 29.0 Å². The first-order valence-corrected chi connectivity index (χ1v) is 25.5. The molecule has 2 heterocycles. The lowest BCUT2D eigenvalue weighted by Gasteiger charge is -2.21. The number of rotatable bonds is 34. The van der Waals surface area contributed by atoms with Gasteiger partial charge in [-0.25, -0.2) is 13.9 Å². The van der Waals surface area contributed by atoms with Crippen molar-refractivity contribution in [2.24, 2.45) is 5.92 Å². The van der Waals surface area contributed by atoms with Gasteiger partial charge in [-0.15, -0.1) is 0 Å². The summed E-state index contributed by atoms with van der Waals surface area (Å²) in [4.78, 5) is 61.6. The Morgan fingerprint density at radius 2 is 1.46 bits per heavy atom. The number of nitrogen functional groups attached to an aromatic ring is 1. The molecule has 1 aromatic heterocycles. The van der Waals surface area contributed by atoms with E-state index in [2.05, 4.69) is 23.1 Å². The number of aromatic nitrogens is 2. The Morgan fingerprint density at radius 1 is 0.836 bits per heavy atom. The van der Waals surface area contributed by atoms with Gasteiger partial charge in [-0.3, -0.25) is 23.2 Å². The molecule has 9 N–H and O–H groups in total. The predicted octanol–water partition coefficient (Wildman–Crippen LogP) is 4.76. The van der Waals surface area contributed by atoms with Crippen LogP contribution in [0.15, 0.2) is 77.8 Å². The summed E-state index contributed by atoms with van der Waals surface area (Å²) in [6.07, 6.45) is 14.7. The smallest absolute Gasteiger partial charge is 0.462 e. The van der Waals surface area contributed by atoms with Gasteiger partial charge in [-0.2, -0.15) is 9.29 Å². The van der Waals surface area contributed by atoms with Gasteiger partial charge in [0.1, 0.15) is 30.7 Å². The second kappa shape index (κ2) is 32.2. The van der Waals surface area contributed by atoms with E-state index < -0.39 is 102 Å². The largest absolute Gasteiger partial charge is 0.481 e. The number of unbranched alkanes of at least 4 members (excludes halogenated alkanes) is 5. The molecule has 23 heteroatoms. The number of hydrogen-bond donors (Lipinski definition) is 8. The van der Waals surface area contributed by atoms with Crippen LogP contribution in [-0.4, -0.2) is 119 Å². The highest BCUT2D eigenvalue weighted by molar-refractivity contribution is 7.61. The maximum atomic E-state index is 12.8. The molecular formula is C44H71N3O18P2. The van der Waals surface area contributed by atoms with Gasteiger partial charge in [0.25, 0.3) is 0 Å². The van der Waals surface area contributed by atoms with Crippen LogP contribution in [0.4, 0.5) is 5.82 Å². The summed E-state index contributed by atoms with van der Waals surface area (Å²) in [5.41, 5.74) is 4.54. The van der Waals surface area contributed by atoms with Crippen molar-refractivity contribution in [2.75, 3.05) is 25.6 Å². The summed E-state index contributed by atoms with van der Waals surface area (Å²) < 4.78 is 56.2. The van der Waals surface area contributed by atoms with E-state index in [1.165, 1.54) is 18.2 Å². The number of ether oxygens (including phenoxy) is 3. The molecule has 1 saturated heterocycles. The number of carbonyl (C=O) groups excluding carboxylic acids is 2. The number of aliphatic hydroxyl groups is 5. The van der Waals surface area contributed by atoms with Crippen LogP contribution in [0.5, 0.6) is 0 Å². The standard InChI is InChI=1S/C44H71N3O18P2/c1-4-5-14-21-33(48)22-16-11-7-8-12-17-23-35(49)36(50)24-19-26-39(51)60-29-34(63-40(52)25-18-13-9-6-10-15-20-32(2)3)30-61-66(56,57)65-67(58,59)62-31-37-41(53)42(54)43(64-37)47-28-27-38(45)46-44(47)55/h5,7-8,11-12,14,16-17,22-23,27-28,32-37,41-43,48-50,53-54H,4,6,9-10,13,15,18-21,24-26,29-31H2,1-3H3,(H,56,57)(H,58,59)(H2,45,46,55)/b11-7+,12-8-,14-5-,22-16+,23-17-/t33-,34-,35+,36+,37-,41-,42-,43-/m1/s1. The van der Waals surface area contributed by atoms with Crippen molar-refractivity contribution in [1.82, 2.24) is 9.55 Å². The van der Waals surface area contributed by atoms with Gasteiger partial charge in [0.15, 0.2) is 12.3 Å². The Balaban J connectivity index is 1.91. The highest BCUT2D eigenvalue weighted by Crippen LogP contribution is 2.60. The van der Waals surface area contributed by atoms with E-state index >= 15 is 0 Å². The summed E-state index contributed by atoms with van der Waals surface area (Å²) in [5, 5.41) is 51.3. The van der Waals surface area contributed by atoms with E-state index in [9.17, 15) is 58.8 Å². The van der Waals surface area contributed by atoms with Crippen LogP contribution in [0.3, 0.4) is 0 Å². The lowest BCUT2D eigenvalue weighted by molar-refractivity contribution is -0.161. The Labute approximate surface area is 391 Å².